The van der Waals surface area contributed by atoms with Gasteiger partial charge in [-0.25, -0.2) is 4.98 Å². The number of benzene rings is 1. The van der Waals surface area contributed by atoms with Gasteiger partial charge in [-0.05, 0) is 19.4 Å². The van der Waals surface area contributed by atoms with Crippen LogP contribution >= 0.6 is 0 Å². The molecule has 4 nitrogen and oxygen atoms in total. The van der Waals surface area contributed by atoms with E-state index in [-0.39, 0.29) is 5.91 Å². The number of carbonyl (C=O) groups is 1. The standard InChI is InChI=1S/C15H19N3O/c1-11-4-3-5-13(8-11)9-15(19)16-7-6-14-10-17-12(2)18-14/h3-5,8,10H,6-7,9H2,1-2H3,(H,16,19)(H,17,18). The Balaban J connectivity index is 1.76. The van der Waals surface area contributed by atoms with Crippen molar-refractivity contribution in [1.29, 1.82) is 0 Å². The normalized spacial score (nSPS) is 10.4. The number of amides is 1. The van der Waals surface area contributed by atoms with Gasteiger partial charge in [-0.15, -0.1) is 0 Å². The van der Waals surface area contributed by atoms with Crippen LogP contribution in [0.1, 0.15) is 22.6 Å². The predicted molar refractivity (Wildman–Crippen MR) is 74.9 cm³/mol. The highest BCUT2D eigenvalue weighted by atomic mass is 16.1. The molecule has 0 fully saturated rings. The van der Waals surface area contributed by atoms with Crippen LogP contribution in [0.3, 0.4) is 0 Å². The Labute approximate surface area is 113 Å². The highest BCUT2D eigenvalue weighted by Crippen LogP contribution is 2.04. The van der Waals surface area contributed by atoms with Gasteiger partial charge in [0.25, 0.3) is 0 Å². The van der Waals surface area contributed by atoms with Gasteiger partial charge in [0.05, 0.1) is 6.42 Å². The topological polar surface area (TPSA) is 57.8 Å². The fourth-order valence-corrected chi connectivity index (χ4v) is 2.01. The van der Waals surface area contributed by atoms with E-state index in [1.54, 1.807) is 0 Å². The largest absolute Gasteiger partial charge is 0.355 e. The van der Waals surface area contributed by atoms with Crippen molar-refractivity contribution in [2.45, 2.75) is 26.7 Å². The molecular formula is C15H19N3O. The molecule has 0 aliphatic heterocycles. The Morgan fingerprint density at radius 1 is 1.37 bits per heavy atom. The summed E-state index contributed by atoms with van der Waals surface area (Å²) in [4.78, 5) is 19.1. The maximum atomic E-state index is 11.8. The predicted octanol–water partition coefficient (Wildman–Crippen LogP) is 1.93. The van der Waals surface area contributed by atoms with E-state index in [4.69, 9.17) is 0 Å². The summed E-state index contributed by atoms with van der Waals surface area (Å²) in [5.74, 6) is 0.961. The molecule has 100 valence electrons. The van der Waals surface area contributed by atoms with Crippen molar-refractivity contribution in [3.63, 3.8) is 0 Å². The van der Waals surface area contributed by atoms with Gasteiger partial charge in [-0.3, -0.25) is 4.79 Å². The second kappa shape index (κ2) is 6.18. The summed E-state index contributed by atoms with van der Waals surface area (Å²) in [7, 11) is 0. The van der Waals surface area contributed by atoms with Gasteiger partial charge >= 0.3 is 0 Å². The lowest BCUT2D eigenvalue weighted by atomic mass is 10.1. The van der Waals surface area contributed by atoms with Gasteiger partial charge in [-0.2, -0.15) is 0 Å². The molecular weight excluding hydrogens is 238 g/mol. The van der Waals surface area contributed by atoms with Crippen LogP contribution < -0.4 is 5.32 Å². The lowest BCUT2D eigenvalue weighted by molar-refractivity contribution is -0.120. The second-order valence-electron chi connectivity index (χ2n) is 4.76. The van der Waals surface area contributed by atoms with E-state index in [1.165, 1.54) is 5.56 Å². The fraction of sp³-hybridized carbons (Fsp3) is 0.333. The SMILES string of the molecule is Cc1cccc(CC(=O)NCCc2cnc(C)[nH]2)c1. The number of aromatic nitrogens is 2. The van der Waals surface area contributed by atoms with E-state index in [1.807, 2.05) is 44.3 Å². The summed E-state index contributed by atoms with van der Waals surface area (Å²) in [5.41, 5.74) is 3.28. The number of rotatable bonds is 5. The zero-order valence-electron chi connectivity index (χ0n) is 11.4. The summed E-state index contributed by atoms with van der Waals surface area (Å²) in [6.45, 7) is 4.58. The first-order chi connectivity index (χ1) is 9.13. The molecule has 1 heterocycles. The number of hydrogen-bond donors (Lipinski definition) is 2. The summed E-state index contributed by atoms with van der Waals surface area (Å²) in [6, 6.07) is 8.02. The molecule has 0 aliphatic carbocycles. The van der Waals surface area contributed by atoms with Gasteiger partial charge in [-0.1, -0.05) is 29.8 Å². The molecule has 2 N–H and O–H groups in total. The van der Waals surface area contributed by atoms with Gasteiger partial charge in [0.1, 0.15) is 5.82 Å². The molecule has 19 heavy (non-hydrogen) atoms. The van der Waals surface area contributed by atoms with Crippen LogP contribution in [0.2, 0.25) is 0 Å². The second-order valence-corrected chi connectivity index (χ2v) is 4.76. The lowest BCUT2D eigenvalue weighted by Gasteiger charge is -2.05. The van der Waals surface area contributed by atoms with Crippen LogP contribution in [0.25, 0.3) is 0 Å². The number of imidazole rings is 1. The molecule has 0 saturated carbocycles. The summed E-state index contributed by atoms with van der Waals surface area (Å²) in [5, 5.41) is 2.92. The number of H-pyrrole nitrogens is 1. The third-order valence-electron chi connectivity index (χ3n) is 2.92. The van der Waals surface area contributed by atoms with E-state index >= 15 is 0 Å². The number of aryl methyl sites for hydroxylation is 2. The Kier molecular flexibility index (Phi) is 4.34. The van der Waals surface area contributed by atoms with Crippen LogP contribution in [-0.2, 0) is 17.6 Å². The first kappa shape index (κ1) is 13.3. The summed E-state index contributed by atoms with van der Waals surface area (Å²) < 4.78 is 0. The van der Waals surface area contributed by atoms with Crippen LogP contribution in [0.4, 0.5) is 0 Å². The van der Waals surface area contributed by atoms with Gasteiger partial charge in [0.2, 0.25) is 5.91 Å². The minimum Gasteiger partial charge on any atom is -0.355 e. The molecule has 0 atom stereocenters. The Hall–Kier alpha value is -2.10. The molecule has 4 heteroatoms. The first-order valence-corrected chi connectivity index (χ1v) is 6.46. The molecule has 0 bridgehead atoms. The third kappa shape index (κ3) is 4.25. The Morgan fingerprint density at radius 2 is 2.21 bits per heavy atom. The smallest absolute Gasteiger partial charge is 0.224 e. The monoisotopic (exact) mass is 257 g/mol. The minimum atomic E-state index is 0.0573. The quantitative estimate of drug-likeness (QED) is 0.860. The Morgan fingerprint density at radius 3 is 2.89 bits per heavy atom. The highest BCUT2D eigenvalue weighted by Gasteiger charge is 2.03. The molecule has 0 unspecified atom stereocenters. The van der Waals surface area contributed by atoms with Crippen molar-refractivity contribution in [2.75, 3.05) is 6.54 Å². The Bertz CT molecular complexity index is 560. The molecule has 1 aromatic heterocycles. The van der Waals surface area contributed by atoms with Crippen LogP contribution in [0.5, 0.6) is 0 Å². The molecule has 0 saturated heterocycles. The molecule has 2 aromatic rings. The molecule has 2 rings (SSSR count). The fourth-order valence-electron chi connectivity index (χ4n) is 2.01. The first-order valence-electron chi connectivity index (χ1n) is 6.46. The van der Waals surface area contributed by atoms with Crippen molar-refractivity contribution in [1.82, 2.24) is 15.3 Å². The number of nitrogens with one attached hydrogen (secondary N) is 2. The maximum Gasteiger partial charge on any atom is 0.224 e. The summed E-state index contributed by atoms with van der Waals surface area (Å²) >= 11 is 0. The number of aromatic amines is 1. The van der Waals surface area contributed by atoms with Gasteiger partial charge in [0.15, 0.2) is 0 Å². The average molecular weight is 257 g/mol. The number of hydrogen-bond acceptors (Lipinski definition) is 2. The van der Waals surface area contributed by atoms with Crippen molar-refractivity contribution in [3.8, 4) is 0 Å². The zero-order chi connectivity index (χ0) is 13.7. The average Bonchev–Trinajstić information content (AvgIpc) is 2.75. The maximum absolute atomic E-state index is 11.8. The molecule has 0 spiro atoms. The molecule has 1 aromatic carbocycles. The summed E-state index contributed by atoms with van der Waals surface area (Å²) in [6.07, 6.45) is 3.02. The van der Waals surface area contributed by atoms with E-state index in [0.717, 1.165) is 23.5 Å². The van der Waals surface area contributed by atoms with Crippen molar-refractivity contribution in [3.05, 3.63) is 53.1 Å². The number of carbonyl (C=O) groups excluding carboxylic acids is 1. The van der Waals surface area contributed by atoms with Crippen LogP contribution in [0, 0.1) is 13.8 Å². The van der Waals surface area contributed by atoms with Crippen molar-refractivity contribution >= 4 is 5.91 Å². The van der Waals surface area contributed by atoms with Crippen molar-refractivity contribution < 1.29 is 4.79 Å². The van der Waals surface area contributed by atoms with Crippen molar-refractivity contribution in [2.24, 2.45) is 0 Å². The van der Waals surface area contributed by atoms with Crippen LogP contribution in [-0.4, -0.2) is 22.4 Å². The highest BCUT2D eigenvalue weighted by molar-refractivity contribution is 5.78. The van der Waals surface area contributed by atoms with E-state index in [0.29, 0.717) is 13.0 Å². The van der Waals surface area contributed by atoms with E-state index in [9.17, 15) is 4.79 Å². The van der Waals surface area contributed by atoms with E-state index in [2.05, 4.69) is 15.3 Å². The van der Waals surface area contributed by atoms with Gasteiger partial charge in [0, 0.05) is 24.9 Å². The minimum absolute atomic E-state index is 0.0573. The van der Waals surface area contributed by atoms with Gasteiger partial charge < -0.3 is 10.3 Å². The molecule has 1 amide bonds. The third-order valence-corrected chi connectivity index (χ3v) is 2.92. The number of nitrogens with zero attached hydrogens (tertiary/aromatic N) is 1. The van der Waals surface area contributed by atoms with Crippen LogP contribution in [0.15, 0.2) is 30.5 Å². The van der Waals surface area contributed by atoms with E-state index < -0.39 is 0 Å². The molecule has 0 radical (unpaired) electrons. The molecule has 0 aliphatic rings. The lowest BCUT2D eigenvalue weighted by Crippen LogP contribution is -2.27. The zero-order valence-corrected chi connectivity index (χ0v) is 11.4.